The number of aromatic hydroxyl groups is 2. The molecule has 172 valence electrons. The van der Waals surface area contributed by atoms with Crippen molar-refractivity contribution in [3.63, 3.8) is 0 Å². The highest BCUT2D eigenvalue weighted by Gasteiger charge is 2.20. The monoisotopic (exact) mass is 444 g/mol. The van der Waals surface area contributed by atoms with Gasteiger partial charge < -0.3 is 19.0 Å². The fourth-order valence-electron chi connectivity index (χ4n) is 3.94. The van der Waals surface area contributed by atoms with E-state index in [-0.39, 0.29) is 35.5 Å². The van der Waals surface area contributed by atoms with Crippen LogP contribution in [0.4, 0.5) is 0 Å². The lowest BCUT2D eigenvalue weighted by Gasteiger charge is -2.07. The summed E-state index contributed by atoms with van der Waals surface area (Å²) in [5.41, 5.74) is -2.22. The first-order valence-corrected chi connectivity index (χ1v) is 11.1. The first kappa shape index (κ1) is 23.5. The first-order chi connectivity index (χ1) is 15.4. The second-order valence-electron chi connectivity index (χ2n) is 8.20. The minimum Gasteiger partial charge on any atom is -0.507 e. The molecule has 0 aromatic carbocycles. The van der Waals surface area contributed by atoms with E-state index >= 15 is 0 Å². The Kier molecular flexibility index (Phi) is 8.03. The Balaban J connectivity index is 1.73. The van der Waals surface area contributed by atoms with E-state index in [1.807, 2.05) is 0 Å². The van der Waals surface area contributed by atoms with Crippen LogP contribution in [0.1, 0.15) is 96.4 Å². The van der Waals surface area contributed by atoms with Gasteiger partial charge in [0.05, 0.1) is 0 Å². The van der Waals surface area contributed by atoms with E-state index in [1.54, 1.807) is 0 Å². The molecule has 6 rings (SSSR count). The van der Waals surface area contributed by atoms with E-state index < -0.39 is 22.8 Å². The summed E-state index contributed by atoms with van der Waals surface area (Å²) in [7, 11) is 0. The van der Waals surface area contributed by atoms with Crippen LogP contribution in [0.25, 0.3) is 0 Å². The van der Waals surface area contributed by atoms with Gasteiger partial charge in [-0.3, -0.25) is 9.59 Å². The number of hydrogen-bond acceptors (Lipinski definition) is 8. The SMILES string of the molecule is O=C1CCCCCCc2cc(O)c(c(=O)o2)C(=O)CCCCCCc2cc(O)c1c(=O)o2. The molecule has 0 amide bonds. The molecular formula is C24H28O8. The Labute approximate surface area is 184 Å². The molecule has 0 atom stereocenters. The van der Waals surface area contributed by atoms with Crippen molar-refractivity contribution < 1.29 is 28.6 Å². The van der Waals surface area contributed by atoms with Crippen LogP contribution >= 0.6 is 0 Å². The quantitative estimate of drug-likeness (QED) is 0.621. The number of aryl methyl sites for hydroxylation is 2. The number of hydrogen-bond donors (Lipinski definition) is 2. The lowest BCUT2D eigenvalue weighted by Crippen LogP contribution is -2.15. The summed E-state index contributed by atoms with van der Waals surface area (Å²) >= 11 is 0. The number of ketones is 2. The lowest BCUT2D eigenvalue weighted by molar-refractivity contribution is 0.0962. The van der Waals surface area contributed by atoms with Gasteiger partial charge in [0, 0.05) is 37.8 Å². The molecule has 0 unspecified atom stereocenters. The third-order valence-corrected chi connectivity index (χ3v) is 5.68. The molecule has 3 aliphatic heterocycles. The summed E-state index contributed by atoms with van der Waals surface area (Å²) < 4.78 is 10.4. The van der Waals surface area contributed by atoms with Gasteiger partial charge in [0.25, 0.3) is 0 Å². The predicted molar refractivity (Wildman–Crippen MR) is 116 cm³/mol. The molecule has 2 aromatic rings. The largest absolute Gasteiger partial charge is 0.507 e. The van der Waals surface area contributed by atoms with Gasteiger partial charge in [0.2, 0.25) is 0 Å². The molecule has 5 heterocycles. The fourth-order valence-corrected chi connectivity index (χ4v) is 3.94. The van der Waals surface area contributed by atoms with Crippen molar-refractivity contribution in [3.05, 3.63) is 55.6 Å². The summed E-state index contributed by atoms with van der Waals surface area (Å²) in [6.07, 6.45) is 6.30. The normalized spacial score (nSPS) is 17.1. The van der Waals surface area contributed by atoms with Crippen molar-refractivity contribution in [2.24, 2.45) is 0 Å². The number of Topliss-reactive ketones (excluding diaryl/α,β-unsaturated/α-hetero) is 2. The van der Waals surface area contributed by atoms with Gasteiger partial charge in [-0.15, -0.1) is 0 Å². The second kappa shape index (κ2) is 10.9. The van der Waals surface area contributed by atoms with Gasteiger partial charge in [-0.1, -0.05) is 25.7 Å². The lowest BCUT2D eigenvalue weighted by atomic mass is 10.0. The van der Waals surface area contributed by atoms with Gasteiger partial charge >= 0.3 is 11.3 Å². The van der Waals surface area contributed by atoms with Gasteiger partial charge in [0.1, 0.15) is 34.1 Å². The molecule has 0 fully saturated rings. The zero-order chi connectivity index (χ0) is 23.1. The maximum atomic E-state index is 12.4. The smallest absolute Gasteiger partial charge is 0.350 e. The minimum absolute atomic E-state index is 0.115. The summed E-state index contributed by atoms with van der Waals surface area (Å²) in [4.78, 5) is 49.1. The summed E-state index contributed by atoms with van der Waals surface area (Å²) in [5, 5.41) is 20.3. The molecule has 0 radical (unpaired) electrons. The Morgan fingerprint density at radius 2 is 0.875 bits per heavy atom. The zero-order valence-corrected chi connectivity index (χ0v) is 18.0. The van der Waals surface area contributed by atoms with Crippen LogP contribution in [-0.2, 0) is 12.8 Å². The van der Waals surface area contributed by atoms with E-state index in [4.69, 9.17) is 8.83 Å². The van der Waals surface area contributed by atoms with Crippen molar-refractivity contribution in [1.82, 2.24) is 0 Å². The van der Waals surface area contributed by atoms with Crippen LogP contribution < -0.4 is 11.3 Å². The third kappa shape index (κ3) is 5.96. The van der Waals surface area contributed by atoms with Crippen LogP contribution in [0.15, 0.2) is 30.6 Å². The van der Waals surface area contributed by atoms with Crippen LogP contribution in [0.3, 0.4) is 0 Å². The molecule has 0 spiro atoms. The average Bonchev–Trinajstić information content (AvgIpc) is 2.71. The highest BCUT2D eigenvalue weighted by molar-refractivity contribution is 5.98. The van der Waals surface area contributed by atoms with Gasteiger partial charge in [-0.05, 0) is 25.7 Å². The van der Waals surface area contributed by atoms with Crippen molar-refractivity contribution in [1.29, 1.82) is 0 Å². The molecule has 4 bridgehead atoms. The highest BCUT2D eigenvalue weighted by Crippen LogP contribution is 2.22. The van der Waals surface area contributed by atoms with E-state index in [9.17, 15) is 29.4 Å². The van der Waals surface area contributed by atoms with E-state index in [1.165, 1.54) is 12.1 Å². The molecule has 8 heteroatoms. The number of carbonyl (C=O) groups is 2. The summed E-state index contributed by atoms with van der Waals surface area (Å²) in [6, 6.07) is 2.66. The van der Waals surface area contributed by atoms with Crippen molar-refractivity contribution in [2.45, 2.75) is 77.0 Å². The van der Waals surface area contributed by atoms with E-state index in [2.05, 4.69) is 0 Å². The summed E-state index contributed by atoms with van der Waals surface area (Å²) in [5.74, 6) is -0.948. The molecule has 8 nitrogen and oxygen atoms in total. The molecule has 0 saturated carbocycles. The van der Waals surface area contributed by atoms with Crippen LogP contribution in [-0.4, -0.2) is 21.8 Å². The molecule has 0 saturated heterocycles. The summed E-state index contributed by atoms with van der Waals surface area (Å²) in [6.45, 7) is 0. The third-order valence-electron chi connectivity index (χ3n) is 5.68. The maximum Gasteiger partial charge on any atom is 0.350 e. The van der Waals surface area contributed by atoms with E-state index in [0.29, 0.717) is 62.9 Å². The van der Waals surface area contributed by atoms with Crippen LogP contribution in [0, 0.1) is 0 Å². The predicted octanol–water partition coefficient (Wildman–Crippen LogP) is 4.07. The molecule has 4 aliphatic rings. The fraction of sp³-hybridized carbons (Fsp3) is 0.500. The molecular weight excluding hydrogens is 416 g/mol. The Morgan fingerprint density at radius 1 is 0.531 bits per heavy atom. The Hall–Kier alpha value is -3.16. The first-order valence-electron chi connectivity index (χ1n) is 11.1. The van der Waals surface area contributed by atoms with E-state index in [0.717, 1.165) is 12.8 Å². The molecule has 2 N–H and O–H groups in total. The van der Waals surface area contributed by atoms with Crippen LogP contribution in [0.2, 0.25) is 0 Å². The zero-order valence-electron chi connectivity index (χ0n) is 18.0. The number of rotatable bonds is 0. The standard InChI is InChI=1S/C24H28O8/c25-17-11-7-3-1-5-9-15-13-19(27)22(23(29)31-15)18(26)12-8-4-2-6-10-16-14-20(28)21(17)24(30)32-16/h13-14,27-28H,1-12H2. The second-order valence-corrected chi connectivity index (χ2v) is 8.20. The van der Waals surface area contributed by atoms with Crippen molar-refractivity contribution >= 4 is 11.6 Å². The average molecular weight is 444 g/mol. The highest BCUT2D eigenvalue weighted by atomic mass is 16.4. The maximum absolute atomic E-state index is 12.4. The van der Waals surface area contributed by atoms with Crippen LogP contribution in [0.5, 0.6) is 11.5 Å². The van der Waals surface area contributed by atoms with Gasteiger partial charge in [-0.25, -0.2) is 9.59 Å². The molecule has 2 aromatic heterocycles. The van der Waals surface area contributed by atoms with Crippen molar-refractivity contribution in [3.8, 4) is 11.5 Å². The Bertz CT molecular complexity index is 1000. The minimum atomic E-state index is -0.810. The molecule has 1 aliphatic carbocycles. The van der Waals surface area contributed by atoms with Gasteiger partial charge in [-0.2, -0.15) is 0 Å². The van der Waals surface area contributed by atoms with Crippen molar-refractivity contribution in [2.75, 3.05) is 0 Å². The number of carbonyl (C=O) groups excluding carboxylic acids is 2. The topological polar surface area (TPSA) is 135 Å². The van der Waals surface area contributed by atoms with Gasteiger partial charge in [0.15, 0.2) is 11.6 Å². The Morgan fingerprint density at radius 3 is 1.22 bits per heavy atom. The molecule has 32 heavy (non-hydrogen) atoms.